The van der Waals surface area contributed by atoms with Crippen LogP contribution in [0.5, 0.6) is 0 Å². The molecule has 0 spiro atoms. The molecule has 0 aromatic heterocycles. The fraction of sp³-hybridized carbons (Fsp3) is 0.731. The first kappa shape index (κ1) is 23.3. The van der Waals surface area contributed by atoms with Gasteiger partial charge in [-0.15, -0.1) is 0 Å². The summed E-state index contributed by atoms with van der Waals surface area (Å²) < 4.78 is 5.75. The van der Waals surface area contributed by atoms with Crippen LogP contribution in [0.3, 0.4) is 0 Å². The van der Waals surface area contributed by atoms with Gasteiger partial charge in [-0.25, -0.2) is 0 Å². The second-order valence-electron chi connectivity index (χ2n) is 9.29. The van der Waals surface area contributed by atoms with Gasteiger partial charge in [-0.1, -0.05) is 75.3 Å². The number of unbranched alkanes of at least 4 members (excludes halogenated alkanes) is 7. The minimum atomic E-state index is -0.0240. The molecule has 2 saturated heterocycles. The van der Waals surface area contributed by atoms with Crippen LogP contribution in [0.4, 0.5) is 0 Å². The van der Waals surface area contributed by atoms with E-state index in [1.54, 1.807) is 0 Å². The summed E-state index contributed by atoms with van der Waals surface area (Å²) in [4.78, 5) is 14.4. The molecule has 2 aliphatic heterocycles. The normalized spacial score (nSPS) is 23.7. The lowest BCUT2D eigenvalue weighted by Crippen LogP contribution is -2.55. The van der Waals surface area contributed by atoms with Crippen LogP contribution in [0.15, 0.2) is 30.3 Å². The average molecular weight is 416 g/mol. The van der Waals surface area contributed by atoms with Crippen molar-refractivity contribution in [3.05, 3.63) is 35.9 Å². The van der Waals surface area contributed by atoms with Crippen molar-refractivity contribution in [3.8, 4) is 0 Å². The lowest BCUT2D eigenvalue weighted by molar-refractivity contribution is -0.136. The van der Waals surface area contributed by atoms with E-state index < -0.39 is 0 Å². The molecule has 0 aliphatic carbocycles. The number of amides is 1. The van der Waals surface area contributed by atoms with Gasteiger partial charge in [0.15, 0.2) is 0 Å². The number of ether oxygens (including phenoxy) is 1. The maximum atomic E-state index is 12.3. The van der Waals surface area contributed by atoms with Gasteiger partial charge in [0.05, 0.1) is 6.61 Å². The van der Waals surface area contributed by atoms with Gasteiger partial charge >= 0.3 is 0 Å². The molecule has 2 aliphatic rings. The second kappa shape index (κ2) is 12.5. The topological polar surface area (TPSA) is 49.8 Å². The number of hydrogen-bond acceptors (Lipinski definition) is 3. The van der Waals surface area contributed by atoms with Crippen LogP contribution >= 0.6 is 0 Å². The van der Waals surface area contributed by atoms with Crippen LogP contribution in [-0.2, 0) is 16.1 Å². The number of hydrogen-bond donors (Lipinski definition) is 1. The van der Waals surface area contributed by atoms with E-state index in [4.69, 9.17) is 4.74 Å². The smallest absolute Gasteiger partial charge is 0.223 e. The first-order valence-electron chi connectivity index (χ1n) is 12.3. The Hall–Kier alpha value is -1.39. The highest BCUT2D eigenvalue weighted by Crippen LogP contribution is 2.45. The Labute approximate surface area is 183 Å². The Morgan fingerprint density at radius 3 is 2.43 bits per heavy atom. The number of nitrogens with zero attached hydrogens (tertiary/aromatic N) is 1. The first-order chi connectivity index (χ1) is 14.8. The summed E-state index contributed by atoms with van der Waals surface area (Å²) in [5.74, 6) is 0.614. The molecule has 0 unspecified atom stereocenters. The summed E-state index contributed by atoms with van der Waals surface area (Å²) >= 11 is 0. The molecule has 4 nitrogen and oxygen atoms in total. The summed E-state index contributed by atoms with van der Waals surface area (Å²) in [6.45, 7) is 2.73. The minimum Gasteiger partial charge on any atom is -0.396 e. The predicted octanol–water partition coefficient (Wildman–Crippen LogP) is 5.48. The molecule has 4 heteroatoms. The number of rotatable bonds is 14. The van der Waals surface area contributed by atoms with Crippen molar-refractivity contribution in [1.82, 2.24) is 4.90 Å². The summed E-state index contributed by atoms with van der Waals surface area (Å²) in [6.07, 6.45) is 14.9. The van der Waals surface area contributed by atoms with Gasteiger partial charge in [-0.05, 0) is 37.7 Å². The van der Waals surface area contributed by atoms with Crippen LogP contribution in [-0.4, -0.2) is 41.2 Å². The van der Waals surface area contributed by atoms with E-state index in [9.17, 15) is 9.90 Å². The Kier molecular flexibility index (Phi) is 9.67. The number of piperidine rings is 1. The number of aliphatic hydroxyl groups excluding tert-OH is 1. The van der Waals surface area contributed by atoms with Crippen molar-refractivity contribution < 1.29 is 14.6 Å². The highest BCUT2D eigenvalue weighted by atomic mass is 16.5. The highest BCUT2D eigenvalue weighted by molar-refractivity contribution is 5.80. The van der Waals surface area contributed by atoms with Gasteiger partial charge in [-0.2, -0.15) is 0 Å². The molecule has 0 bridgehead atoms. The minimum absolute atomic E-state index is 0.0240. The fourth-order valence-corrected chi connectivity index (χ4v) is 5.56. The summed E-state index contributed by atoms with van der Waals surface area (Å²) in [5.41, 5.74) is 1.23. The third-order valence-corrected chi connectivity index (χ3v) is 7.28. The molecule has 30 heavy (non-hydrogen) atoms. The highest BCUT2D eigenvalue weighted by Gasteiger charge is 2.51. The monoisotopic (exact) mass is 415 g/mol. The van der Waals surface area contributed by atoms with E-state index in [1.165, 1.54) is 50.5 Å². The summed E-state index contributed by atoms with van der Waals surface area (Å²) in [7, 11) is 0. The van der Waals surface area contributed by atoms with Gasteiger partial charge in [0, 0.05) is 37.6 Å². The summed E-state index contributed by atoms with van der Waals surface area (Å²) in [6, 6.07) is 10.4. The van der Waals surface area contributed by atoms with Crippen molar-refractivity contribution in [3.63, 3.8) is 0 Å². The van der Waals surface area contributed by atoms with Crippen LogP contribution in [0, 0.1) is 5.92 Å². The lowest BCUT2D eigenvalue weighted by atomic mass is 9.73. The Balaban J connectivity index is 1.19. The molecule has 168 valence electrons. The maximum Gasteiger partial charge on any atom is 0.223 e. The molecule has 1 aromatic carbocycles. The zero-order chi connectivity index (χ0) is 21.1. The molecule has 2 atom stereocenters. The molecule has 1 aromatic rings. The quantitative estimate of drug-likeness (QED) is 0.410. The number of carbonyl (C=O) groups is 1. The zero-order valence-corrected chi connectivity index (χ0v) is 18.7. The van der Waals surface area contributed by atoms with E-state index in [0.29, 0.717) is 18.2 Å². The standard InChI is InChI=1S/C26H41NO3/c28-21-24-15-12-19-27-25(29)16-18-26(24,27)17-10-5-3-1-2-4-6-11-20-30-22-23-13-8-7-9-14-23/h7-9,13-14,24,28H,1-6,10-12,15-22H2/t24-,26-/m0/s1. The number of aliphatic hydroxyl groups is 1. The molecule has 0 radical (unpaired) electrons. The number of carbonyl (C=O) groups excluding carboxylic acids is 1. The number of benzene rings is 1. The van der Waals surface area contributed by atoms with Crippen molar-refractivity contribution in [1.29, 1.82) is 0 Å². The molecule has 2 fully saturated rings. The third kappa shape index (κ3) is 6.31. The van der Waals surface area contributed by atoms with Crippen LogP contribution in [0.25, 0.3) is 0 Å². The second-order valence-corrected chi connectivity index (χ2v) is 9.29. The molecular formula is C26H41NO3. The largest absolute Gasteiger partial charge is 0.396 e. The number of fused-ring (bicyclic) bond motifs is 1. The van der Waals surface area contributed by atoms with E-state index >= 15 is 0 Å². The molecule has 1 amide bonds. The predicted molar refractivity (Wildman–Crippen MR) is 121 cm³/mol. The lowest BCUT2D eigenvalue weighted by Gasteiger charge is -2.48. The maximum absolute atomic E-state index is 12.3. The van der Waals surface area contributed by atoms with Crippen molar-refractivity contribution in [2.24, 2.45) is 5.92 Å². The van der Waals surface area contributed by atoms with E-state index in [2.05, 4.69) is 29.2 Å². The Morgan fingerprint density at radius 1 is 1.00 bits per heavy atom. The van der Waals surface area contributed by atoms with Crippen LogP contribution in [0.1, 0.15) is 89.0 Å². The van der Waals surface area contributed by atoms with Crippen molar-refractivity contribution >= 4 is 5.91 Å². The Bertz CT molecular complexity index is 620. The average Bonchev–Trinajstić information content (AvgIpc) is 3.12. The van der Waals surface area contributed by atoms with Gasteiger partial charge in [0.2, 0.25) is 5.91 Å². The van der Waals surface area contributed by atoms with E-state index in [-0.39, 0.29) is 12.1 Å². The van der Waals surface area contributed by atoms with Gasteiger partial charge in [0.1, 0.15) is 0 Å². The van der Waals surface area contributed by atoms with Crippen LogP contribution < -0.4 is 0 Å². The van der Waals surface area contributed by atoms with Crippen molar-refractivity contribution in [2.45, 2.75) is 95.6 Å². The van der Waals surface area contributed by atoms with E-state index in [0.717, 1.165) is 51.9 Å². The summed E-state index contributed by atoms with van der Waals surface area (Å²) in [5, 5.41) is 9.88. The zero-order valence-electron chi connectivity index (χ0n) is 18.7. The fourth-order valence-electron chi connectivity index (χ4n) is 5.56. The van der Waals surface area contributed by atoms with Crippen LogP contribution in [0.2, 0.25) is 0 Å². The molecule has 1 N–H and O–H groups in total. The first-order valence-corrected chi connectivity index (χ1v) is 12.3. The molecular weight excluding hydrogens is 374 g/mol. The van der Waals surface area contributed by atoms with Gasteiger partial charge in [-0.3, -0.25) is 4.79 Å². The van der Waals surface area contributed by atoms with Gasteiger partial charge < -0.3 is 14.7 Å². The third-order valence-electron chi connectivity index (χ3n) is 7.28. The van der Waals surface area contributed by atoms with Gasteiger partial charge in [0.25, 0.3) is 0 Å². The Morgan fingerprint density at radius 2 is 1.70 bits per heavy atom. The van der Waals surface area contributed by atoms with Crippen molar-refractivity contribution in [2.75, 3.05) is 19.8 Å². The molecule has 2 heterocycles. The SMILES string of the molecule is O=C1CC[C@@]2(CCCCCCCCCCOCc3ccccc3)[C@H](CO)CCCN12. The molecule has 0 saturated carbocycles. The van der Waals surface area contributed by atoms with E-state index in [1.807, 2.05) is 6.07 Å². The molecule has 3 rings (SSSR count).